The number of anilines is 2. The van der Waals surface area contributed by atoms with E-state index in [0.29, 0.717) is 18.0 Å². The van der Waals surface area contributed by atoms with Crippen molar-refractivity contribution in [3.05, 3.63) is 11.9 Å². The van der Waals surface area contributed by atoms with Gasteiger partial charge in [-0.1, -0.05) is 13.3 Å². The van der Waals surface area contributed by atoms with Crippen molar-refractivity contribution in [2.24, 2.45) is 0 Å². The third-order valence-corrected chi connectivity index (χ3v) is 3.30. The highest BCUT2D eigenvalue weighted by atomic mass is 16.5. The van der Waals surface area contributed by atoms with Crippen LogP contribution in [0.3, 0.4) is 0 Å². The Balaban J connectivity index is 2.10. The molecule has 0 bridgehead atoms. The molecule has 2 heterocycles. The number of hydrogen-bond acceptors (Lipinski definition) is 5. The molecule has 2 rings (SSSR count). The molecule has 18 heavy (non-hydrogen) atoms. The monoisotopic (exact) mass is 250 g/mol. The van der Waals surface area contributed by atoms with E-state index in [1.54, 1.807) is 0 Å². The molecular weight excluding hydrogens is 228 g/mol. The van der Waals surface area contributed by atoms with Gasteiger partial charge in [0.15, 0.2) is 0 Å². The summed E-state index contributed by atoms with van der Waals surface area (Å²) in [5, 5.41) is 3.49. The summed E-state index contributed by atoms with van der Waals surface area (Å²) in [6.45, 7) is 5.05. The van der Waals surface area contributed by atoms with Crippen molar-refractivity contribution >= 4 is 11.6 Å². The van der Waals surface area contributed by atoms with E-state index in [1.165, 1.54) is 6.33 Å². The molecular formula is C13H22N4O. The Kier molecular flexibility index (Phi) is 4.36. The van der Waals surface area contributed by atoms with Crippen LogP contribution in [0.5, 0.6) is 0 Å². The van der Waals surface area contributed by atoms with Crippen LogP contribution in [0.1, 0.15) is 38.7 Å². The smallest absolute Gasteiger partial charge is 0.134 e. The lowest BCUT2D eigenvalue weighted by atomic mass is 10.0. The van der Waals surface area contributed by atoms with Crippen LogP contribution >= 0.6 is 0 Å². The highest BCUT2D eigenvalue weighted by Crippen LogP contribution is 2.23. The lowest BCUT2D eigenvalue weighted by Crippen LogP contribution is -2.33. The Labute approximate surface area is 108 Å². The molecule has 1 saturated heterocycles. The zero-order valence-electron chi connectivity index (χ0n) is 11.1. The highest BCUT2D eigenvalue weighted by molar-refractivity contribution is 5.55. The molecule has 1 aliphatic rings. The molecule has 1 aromatic rings. The van der Waals surface area contributed by atoms with Gasteiger partial charge < -0.3 is 15.8 Å². The second-order valence-electron chi connectivity index (χ2n) is 4.88. The summed E-state index contributed by atoms with van der Waals surface area (Å²) in [6.07, 6.45) is 5.81. The number of aromatic nitrogens is 2. The minimum Gasteiger partial charge on any atom is -0.383 e. The summed E-state index contributed by atoms with van der Waals surface area (Å²) < 4.78 is 5.55. The van der Waals surface area contributed by atoms with Crippen LogP contribution in [0, 0.1) is 0 Å². The van der Waals surface area contributed by atoms with E-state index in [0.717, 1.165) is 43.7 Å². The lowest BCUT2D eigenvalue weighted by molar-refractivity contribution is 0.0231. The van der Waals surface area contributed by atoms with Gasteiger partial charge in [-0.25, -0.2) is 9.97 Å². The van der Waals surface area contributed by atoms with E-state index in [1.807, 2.05) is 0 Å². The predicted octanol–water partition coefficient (Wildman–Crippen LogP) is 1.99. The Morgan fingerprint density at radius 1 is 1.50 bits per heavy atom. The molecule has 2 atom stereocenters. The van der Waals surface area contributed by atoms with Crippen LogP contribution in [0.15, 0.2) is 6.33 Å². The fourth-order valence-corrected chi connectivity index (χ4v) is 2.37. The van der Waals surface area contributed by atoms with Crippen LogP contribution in [0.4, 0.5) is 11.6 Å². The molecule has 0 amide bonds. The molecule has 5 nitrogen and oxygen atoms in total. The quantitative estimate of drug-likeness (QED) is 0.855. The third-order valence-electron chi connectivity index (χ3n) is 3.30. The average molecular weight is 250 g/mol. The van der Waals surface area contributed by atoms with Gasteiger partial charge in [-0.15, -0.1) is 0 Å². The number of nitrogen functional groups attached to an aromatic ring is 1. The first kappa shape index (κ1) is 13.1. The van der Waals surface area contributed by atoms with Crippen molar-refractivity contribution in [3.8, 4) is 0 Å². The Morgan fingerprint density at radius 2 is 2.33 bits per heavy atom. The molecule has 0 radical (unpaired) electrons. The maximum atomic E-state index is 5.92. The first-order valence-corrected chi connectivity index (χ1v) is 6.68. The van der Waals surface area contributed by atoms with Gasteiger partial charge >= 0.3 is 0 Å². The number of nitrogens with one attached hydrogen (secondary N) is 1. The van der Waals surface area contributed by atoms with E-state index >= 15 is 0 Å². The average Bonchev–Trinajstić information content (AvgIpc) is 2.34. The van der Waals surface area contributed by atoms with Crippen LogP contribution in [0.2, 0.25) is 0 Å². The molecule has 1 aliphatic heterocycles. The van der Waals surface area contributed by atoms with Gasteiger partial charge in [0.25, 0.3) is 0 Å². The number of rotatable bonds is 4. The standard InChI is InChI=1S/C13H22N4O/c1-3-4-11-12(14)15-8-16-13(11)17-10-5-6-18-9(2)7-10/h8-10H,3-7H2,1-2H3,(H3,14,15,16,17). The van der Waals surface area contributed by atoms with Crippen LogP contribution in [-0.2, 0) is 11.2 Å². The predicted molar refractivity (Wildman–Crippen MR) is 72.5 cm³/mol. The number of ether oxygens (including phenoxy) is 1. The van der Waals surface area contributed by atoms with Crippen molar-refractivity contribution in [1.29, 1.82) is 0 Å². The van der Waals surface area contributed by atoms with Crippen molar-refractivity contribution < 1.29 is 4.74 Å². The molecule has 5 heteroatoms. The van der Waals surface area contributed by atoms with Crippen molar-refractivity contribution in [2.45, 2.75) is 51.7 Å². The summed E-state index contributed by atoms with van der Waals surface area (Å²) in [5.74, 6) is 1.48. The maximum absolute atomic E-state index is 5.92. The van der Waals surface area contributed by atoms with Crippen LogP contribution in [-0.4, -0.2) is 28.7 Å². The van der Waals surface area contributed by atoms with Crippen LogP contribution < -0.4 is 11.1 Å². The zero-order chi connectivity index (χ0) is 13.0. The molecule has 0 saturated carbocycles. The third kappa shape index (κ3) is 3.10. The summed E-state index contributed by atoms with van der Waals surface area (Å²) in [4.78, 5) is 8.40. The molecule has 0 aliphatic carbocycles. The molecule has 100 valence electrons. The second kappa shape index (κ2) is 6.00. The number of hydrogen-bond donors (Lipinski definition) is 2. The topological polar surface area (TPSA) is 73.1 Å². The van der Waals surface area contributed by atoms with Crippen molar-refractivity contribution in [2.75, 3.05) is 17.7 Å². The normalized spacial score (nSPS) is 23.9. The first-order chi connectivity index (χ1) is 8.70. The molecule has 0 aromatic carbocycles. The Hall–Kier alpha value is -1.36. The molecule has 1 fully saturated rings. The largest absolute Gasteiger partial charge is 0.383 e. The lowest BCUT2D eigenvalue weighted by Gasteiger charge is -2.29. The van der Waals surface area contributed by atoms with Gasteiger partial charge in [0.05, 0.1) is 6.10 Å². The zero-order valence-corrected chi connectivity index (χ0v) is 11.1. The molecule has 2 unspecified atom stereocenters. The van der Waals surface area contributed by atoms with Gasteiger partial charge in [0.2, 0.25) is 0 Å². The summed E-state index contributed by atoms with van der Waals surface area (Å²) in [7, 11) is 0. The summed E-state index contributed by atoms with van der Waals surface area (Å²) in [5.41, 5.74) is 6.96. The van der Waals surface area contributed by atoms with Gasteiger partial charge in [-0.3, -0.25) is 0 Å². The van der Waals surface area contributed by atoms with E-state index in [-0.39, 0.29) is 0 Å². The van der Waals surface area contributed by atoms with Crippen LogP contribution in [0.25, 0.3) is 0 Å². The number of nitrogens with zero attached hydrogens (tertiary/aromatic N) is 2. The van der Waals surface area contributed by atoms with E-state index in [4.69, 9.17) is 10.5 Å². The van der Waals surface area contributed by atoms with E-state index in [2.05, 4.69) is 29.1 Å². The van der Waals surface area contributed by atoms with Crippen molar-refractivity contribution in [3.63, 3.8) is 0 Å². The maximum Gasteiger partial charge on any atom is 0.134 e. The van der Waals surface area contributed by atoms with E-state index < -0.39 is 0 Å². The first-order valence-electron chi connectivity index (χ1n) is 6.68. The van der Waals surface area contributed by atoms with Gasteiger partial charge in [-0.05, 0) is 26.2 Å². The minimum absolute atomic E-state index is 0.310. The molecule has 3 N–H and O–H groups in total. The second-order valence-corrected chi connectivity index (χ2v) is 4.88. The Bertz CT molecular complexity index is 397. The summed E-state index contributed by atoms with van der Waals surface area (Å²) >= 11 is 0. The minimum atomic E-state index is 0.310. The Morgan fingerprint density at radius 3 is 3.06 bits per heavy atom. The molecule has 0 spiro atoms. The van der Waals surface area contributed by atoms with E-state index in [9.17, 15) is 0 Å². The number of nitrogens with two attached hydrogens (primary N) is 1. The van der Waals surface area contributed by atoms with Gasteiger partial charge in [0, 0.05) is 18.2 Å². The fraction of sp³-hybridized carbons (Fsp3) is 0.692. The fourth-order valence-electron chi connectivity index (χ4n) is 2.37. The highest BCUT2D eigenvalue weighted by Gasteiger charge is 2.20. The summed E-state index contributed by atoms with van der Waals surface area (Å²) in [6, 6.07) is 0.415. The SMILES string of the molecule is CCCc1c(N)ncnc1NC1CCOC(C)C1. The molecule has 1 aromatic heterocycles. The van der Waals surface area contributed by atoms with Gasteiger partial charge in [0.1, 0.15) is 18.0 Å². The van der Waals surface area contributed by atoms with Crippen molar-refractivity contribution in [1.82, 2.24) is 9.97 Å². The van der Waals surface area contributed by atoms with Gasteiger partial charge in [-0.2, -0.15) is 0 Å².